The van der Waals surface area contributed by atoms with Crippen LogP contribution in [0, 0.1) is 0 Å². The smallest absolute Gasteiger partial charge is 0.259 e. The van der Waals surface area contributed by atoms with Crippen molar-refractivity contribution in [3.63, 3.8) is 0 Å². The maximum Gasteiger partial charge on any atom is 0.259 e. The predicted molar refractivity (Wildman–Crippen MR) is 131 cm³/mol. The number of ketones is 1. The van der Waals surface area contributed by atoms with E-state index in [1.807, 2.05) is 60.9 Å². The molecule has 0 radical (unpaired) electrons. The number of nitrogens with one attached hydrogen (secondary N) is 1. The highest BCUT2D eigenvalue weighted by Gasteiger charge is 2.10. The zero-order chi connectivity index (χ0) is 23.3. The molecule has 3 aromatic rings. The first-order valence-electron chi connectivity index (χ1n) is 11.1. The van der Waals surface area contributed by atoms with Crippen molar-refractivity contribution in [1.82, 2.24) is 14.9 Å². The van der Waals surface area contributed by atoms with Crippen LogP contribution in [-0.4, -0.2) is 36.0 Å². The number of hydrogen-bond donors (Lipinski definition) is 2. The number of nitrogens with zero attached hydrogens (tertiary/aromatic N) is 3. The molecule has 2 N–H and O–H groups in total. The number of benzene rings is 1. The molecular weight excluding hydrogens is 436 g/mol. The minimum absolute atomic E-state index is 0.259. The van der Waals surface area contributed by atoms with Crippen LogP contribution < -0.4 is 4.72 Å². The fourth-order valence-electron chi connectivity index (χ4n) is 3.56. The Morgan fingerprint density at radius 2 is 1.52 bits per heavy atom. The zero-order valence-electron chi connectivity index (χ0n) is 18.6. The topological polar surface area (TPSA) is 95.4 Å². The summed E-state index contributed by atoms with van der Waals surface area (Å²) >= 11 is -2.08. The molecule has 0 bridgehead atoms. The molecule has 0 aliphatic carbocycles. The minimum Gasteiger partial charge on any atom is -0.300 e. The molecule has 0 aliphatic rings. The molecule has 2 aromatic heterocycles. The van der Waals surface area contributed by atoms with E-state index in [4.69, 9.17) is 4.55 Å². The summed E-state index contributed by atoms with van der Waals surface area (Å²) in [5.41, 5.74) is 3.66. The molecular formula is C25H30N4O3S. The standard InChI is InChI=1S/C25H30N4O3S/c30-25(15-12-21-10-13-22(14-11-21)28-33(31)32)9-3-6-18-29(19-23-7-1-4-16-26-23)20-24-8-2-5-17-27-24/h1-2,4-5,7-8,10-11,13-14,16-17,28H,3,6,9,12,15,18-20H2,(H,31,32). The summed E-state index contributed by atoms with van der Waals surface area (Å²) < 4.78 is 22.0. The first kappa shape index (κ1) is 24.7. The summed E-state index contributed by atoms with van der Waals surface area (Å²) in [6.45, 7) is 2.38. The minimum atomic E-state index is -2.08. The molecule has 3 rings (SSSR count). The van der Waals surface area contributed by atoms with E-state index < -0.39 is 11.3 Å². The molecule has 7 nitrogen and oxygen atoms in total. The largest absolute Gasteiger partial charge is 0.300 e. The molecule has 0 saturated carbocycles. The van der Waals surface area contributed by atoms with Crippen LogP contribution in [-0.2, 0) is 35.6 Å². The lowest BCUT2D eigenvalue weighted by Crippen LogP contribution is -2.25. The molecule has 0 amide bonds. The van der Waals surface area contributed by atoms with Gasteiger partial charge in [0, 0.05) is 44.0 Å². The van der Waals surface area contributed by atoms with Crippen molar-refractivity contribution in [3.05, 3.63) is 90.0 Å². The molecule has 1 atom stereocenters. The maximum atomic E-state index is 12.3. The third kappa shape index (κ3) is 9.61. The lowest BCUT2D eigenvalue weighted by molar-refractivity contribution is -0.119. The monoisotopic (exact) mass is 466 g/mol. The third-order valence-corrected chi connectivity index (χ3v) is 5.67. The van der Waals surface area contributed by atoms with Gasteiger partial charge in [0.15, 0.2) is 0 Å². The van der Waals surface area contributed by atoms with Crippen LogP contribution in [0.4, 0.5) is 5.69 Å². The highest BCUT2D eigenvalue weighted by molar-refractivity contribution is 7.80. The van der Waals surface area contributed by atoms with Gasteiger partial charge in [-0.25, -0.2) is 4.21 Å². The average Bonchev–Trinajstić information content (AvgIpc) is 2.82. The van der Waals surface area contributed by atoms with Crippen molar-refractivity contribution in [2.75, 3.05) is 11.3 Å². The number of Topliss-reactive ketones (excluding diaryl/α,β-unsaturated/α-hetero) is 1. The average molecular weight is 467 g/mol. The quantitative estimate of drug-likeness (QED) is 0.270. The predicted octanol–water partition coefficient (Wildman–Crippen LogP) is 4.40. The molecule has 0 fully saturated rings. The maximum absolute atomic E-state index is 12.3. The normalized spacial score (nSPS) is 11.9. The van der Waals surface area contributed by atoms with Crippen LogP contribution in [0.5, 0.6) is 0 Å². The van der Waals surface area contributed by atoms with E-state index in [2.05, 4.69) is 19.6 Å². The Bertz CT molecular complexity index is 960. The molecule has 1 unspecified atom stereocenters. The Balaban J connectivity index is 1.40. The van der Waals surface area contributed by atoms with Crippen LogP contribution in [0.2, 0.25) is 0 Å². The van der Waals surface area contributed by atoms with Crippen LogP contribution in [0.15, 0.2) is 73.1 Å². The van der Waals surface area contributed by atoms with Gasteiger partial charge < -0.3 is 0 Å². The van der Waals surface area contributed by atoms with Crippen LogP contribution in [0.3, 0.4) is 0 Å². The van der Waals surface area contributed by atoms with Crippen LogP contribution in [0.1, 0.15) is 42.6 Å². The van der Waals surface area contributed by atoms with Crippen molar-refractivity contribution < 1.29 is 13.6 Å². The van der Waals surface area contributed by atoms with Gasteiger partial charge in [0.2, 0.25) is 0 Å². The van der Waals surface area contributed by atoms with Gasteiger partial charge in [-0.05, 0) is 67.8 Å². The number of aromatic nitrogens is 2. The first-order valence-corrected chi connectivity index (χ1v) is 12.2. The Labute approximate surface area is 197 Å². The highest BCUT2D eigenvalue weighted by atomic mass is 32.2. The van der Waals surface area contributed by atoms with Gasteiger partial charge in [-0.1, -0.05) is 24.3 Å². The number of rotatable bonds is 14. The first-order chi connectivity index (χ1) is 16.1. The van der Waals surface area contributed by atoms with E-state index in [-0.39, 0.29) is 5.78 Å². The fourth-order valence-corrected chi connectivity index (χ4v) is 3.90. The van der Waals surface area contributed by atoms with Crippen molar-refractivity contribution in [2.45, 2.75) is 45.2 Å². The molecule has 2 heterocycles. The van der Waals surface area contributed by atoms with Crippen molar-refractivity contribution in [3.8, 4) is 0 Å². The van der Waals surface area contributed by atoms with E-state index in [0.29, 0.717) is 24.9 Å². The molecule has 8 heteroatoms. The molecule has 1 aromatic carbocycles. The van der Waals surface area contributed by atoms with E-state index >= 15 is 0 Å². The second-order valence-electron chi connectivity index (χ2n) is 7.90. The summed E-state index contributed by atoms with van der Waals surface area (Å²) in [5.74, 6) is 0.259. The Morgan fingerprint density at radius 1 is 0.879 bits per heavy atom. The SMILES string of the molecule is O=C(CCCCN(Cc1ccccn1)Cc1ccccn1)CCc1ccc(NS(=O)O)cc1. The highest BCUT2D eigenvalue weighted by Crippen LogP contribution is 2.13. The van der Waals surface area contributed by atoms with Crippen molar-refractivity contribution in [2.24, 2.45) is 0 Å². The van der Waals surface area contributed by atoms with E-state index in [1.54, 1.807) is 12.1 Å². The summed E-state index contributed by atoms with van der Waals surface area (Å²) in [7, 11) is 0. The molecule has 0 spiro atoms. The Hall–Kier alpha value is -2.94. The van der Waals surface area contributed by atoms with Crippen LogP contribution >= 0.6 is 0 Å². The lowest BCUT2D eigenvalue weighted by atomic mass is 10.0. The van der Waals surface area contributed by atoms with Gasteiger partial charge in [-0.15, -0.1) is 0 Å². The van der Waals surface area contributed by atoms with E-state index in [9.17, 15) is 9.00 Å². The van der Waals surface area contributed by atoms with Gasteiger partial charge >= 0.3 is 0 Å². The van der Waals surface area contributed by atoms with Gasteiger partial charge in [0.25, 0.3) is 11.3 Å². The summed E-state index contributed by atoms with van der Waals surface area (Å²) in [6, 6.07) is 19.1. The zero-order valence-corrected chi connectivity index (χ0v) is 19.4. The number of anilines is 1. The van der Waals surface area contributed by atoms with Crippen LogP contribution in [0.25, 0.3) is 0 Å². The summed E-state index contributed by atoms with van der Waals surface area (Å²) in [4.78, 5) is 23.5. The molecule has 174 valence electrons. The third-order valence-electron chi connectivity index (χ3n) is 5.26. The fraction of sp³-hybridized carbons (Fsp3) is 0.320. The number of aryl methyl sites for hydroxylation is 1. The Kier molecular flexibility index (Phi) is 10.2. The van der Waals surface area contributed by atoms with Crippen molar-refractivity contribution in [1.29, 1.82) is 0 Å². The molecule has 0 aliphatic heterocycles. The lowest BCUT2D eigenvalue weighted by Gasteiger charge is -2.21. The van der Waals surface area contributed by atoms with Gasteiger partial charge in [-0.3, -0.25) is 28.9 Å². The number of carbonyl (C=O) groups excluding carboxylic acids is 1. The molecule has 33 heavy (non-hydrogen) atoms. The molecule has 0 saturated heterocycles. The number of hydrogen-bond acceptors (Lipinski definition) is 5. The van der Waals surface area contributed by atoms with Crippen molar-refractivity contribution >= 4 is 22.7 Å². The number of carbonyl (C=O) groups is 1. The summed E-state index contributed by atoms with van der Waals surface area (Å²) in [6.07, 6.45) is 7.16. The second-order valence-corrected chi connectivity index (χ2v) is 8.60. The summed E-state index contributed by atoms with van der Waals surface area (Å²) in [5, 5.41) is 0. The Morgan fingerprint density at radius 3 is 2.06 bits per heavy atom. The van der Waals surface area contributed by atoms with Gasteiger partial charge in [0.1, 0.15) is 5.78 Å². The number of unbranched alkanes of at least 4 members (excludes halogenated alkanes) is 1. The second kappa shape index (κ2) is 13.6. The van der Waals surface area contributed by atoms with Gasteiger partial charge in [0.05, 0.1) is 11.4 Å². The van der Waals surface area contributed by atoms with E-state index in [0.717, 1.165) is 49.4 Å². The van der Waals surface area contributed by atoms with E-state index in [1.165, 1.54) is 0 Å². The number of pyridine rings is 2. The van der Waals surface area contributed by atoms with Gasteiger partial charge in [-0.2, -0.15) is 0 Å².